The summed E-state index contributed by atoms with van der Waals surface area (Å²) in [5.41, 5.74) is -1.63. The quantitative estimate of drug-likeness (QED) is 0.891. The molecule has 0 unspecified atom stereocenters. The maximum Gasteiger partial charge on any atom is 0.416 e. The number of rotatable bonds is 4. The average Bonchev–Trinajstić information content (AvgIpc) is 2.54. The number of benzene rings is 1. The number of nitrogens with zero attached hydrogens (tertiary/aromatic N) is 1. The Labute approximate surface area is 143 Å². The summed E-state index contributed by atoms with van der Waals surface area (Å²) in [6.07, 6.45) is -3.39. The molecule has 0 atom stereocenters. The minimum atomic E-state index is -4.55. The predicted octanol–water partition coefficient (Wildman–Crippen LogP) is 3.22. The topological polar surface area (TPSA) is 49.8 Å². The van der Waals surface area contributed by atoms with Crippen molar-refractivity contribution in [3.63, 3.8) is 0 Å². The van der Waals surface area contributed by atoms with Crippen LogP contribution < -0.4 is 0 Å². The Morgan fingerprint density at radius 1 is 1.38 bits per heavy atom. The molecule has 0 saturated carbocycles. The van der Waals surface area contributed by atoms with Gasteiger partial charge < -0.3 is 14.7 Å². The van der Waals surface area contributed by atoms with E-state index in [4.69, 9.17) is 16.3 Å². The van der Waals surface area contributed by atoms with Gasteiger partial charge in [-0.3, -0.25) is 4.79 Å². The summed E-state index contributed by atoms with van der Waals surface area (Å²) in [7, 11) is 1.49. The van der Waals surface area contributed by atoms with Crippen LogP contribution in [0.5, 0.6) is 0 Å². The van der Waals surface area contributed by atoms with Crippen molar-refractivity contribution in [1.29, 1.82) is 0 Å². The van der Waals surface area contributed by atoms with E-state index in [0.717, 1.165) is 18.2 Å². The summed E-state index contributed by atoms with van der Waals surface area (Å²) < 4.78 is 43.8. The molecule has 1 amide bonds. The van der Waals surface area contributed by atoms with Crippen molar-refractivity contribution in [3.05, 3.63) is 34.3 Å². The van der Waals surface area contributed by atoms with E-state index >= 15 is 0 Å². The normalized spacial score (nSPS) is 17.6. The summed E-state index contributed by atoms with van der Waals surface area (Å²) in [6, 6.07) is 2.67. The van der Waals surface area contributed by atoms with E-state index in [-0.39, 0.29) is 23.7 Å². The molecule has 0 radical (unpaired) electrons. The maximum atomic E-state index is 12.8. The lowest BCUT2D eigenvalue weighted by Crippen LogP contribution is -2.44. The summed E-state index contributed by atoms with van der Waals surface area (Å²) in [6.45, 7) is 1.06. The largest absolute Gasteiger partial charge is 0.416 e. The van der Waals surface area contributed by atoms with Crippen LogP contribution in [0.4, 0.5) is 13.2 Å². The molecule has 1 heterocycles. The first kappa shape index (κ1) is 19.0. The molecule has 0 aromatic heterocycles. The van der Waals surface area contributed by atoms with E-state index in [1.807, 2.05) is 0 Å². The number of amides is 1. The number of halogens is 4. The van der Waals surface area contributed by atoms with Crippen molar-refractivity contribution >= 4 is 17.5 Å². The van der Waals surface area contributed by atoms with Gasteiger partial charge in [-0.25, -0.2) is 0 Å². The molecule has 0 aliphatic carbocycles. The number of ether oxygens (including phenoxy) is 1. The third kappa shape index (κ3) is 4.20. The van der Waals surface area contributed by atoms with Gasteiger partial charge in [0.25, 0.3) is 5.91 Å². The lowest BCUT2D eigenvalue weighted by Gasteiger charge is -2.38. The second kappa shape index (κ2) is 7.29. The van der Waals surface area contributed by atoms with Gasteiger partial charge in [-0.15, -0.1) is 0 Å². The number of hydrogen-bond acceptors (Lipinski definition) is 3. The van der Waals surface area contributed by atoms with Gasteiger partial charge in [-0.1, -0.05) is 11.6 Å². The maximum absolute atomic E-state index is 12.8. The molecule has 1 aromatic carbocycles. The van der Waals surface area contributed by atoms with Crippen molar-refractivity contribution in [2.75, 3.05) is 33.4 Å². The molecule has 8 heteroatoms. The Morgan fingerprint density at radius 3 is 2.54 bits per heavy atom. The SMILES string of the molecule is CN(CC1(CO)CCOCC1)C(=O)c1cc(C(F)(F)F)ccc1Cl. The summed E-state index contributed by atoms with van der Waals surface area (Å²) >= 11 is 5.91. The molecule has 1 saturated heterocycles. The first-order valence-electron chi connectivity index (χ1n) is 7.49. The van der Waals surface area contributed by atoms with E-state index in [9.17, 15) is 23.1 Å². The fraction of sp³-hybridized carbons (Fsp3) is 0.562. The van der Waals surface area contributed by atoms with E-state index in [0.29, 0.717) is 26.1 Å². The number of aliphatic hydroxyl groups excluding tert-OH is 1. The van der Waals surface area contributed by atoms with E-state index in [1.54, 1.807) is 0 Å². The van der Waals surface area contributed by atoms with Crippen LogP contribution >= 0.6 is 11.6 Å². The highest BCUT2D eigenvalue weighted by molar-refractivity contribution is 6.33. The summed E-state index contributed by atoms with van der Waals surface area (Å²) in [5.74, 6) is -0.606. The molecule has 1 aliphatic heterocycles. The van der Waals surface area contributed by atoms with E-state index < -0.39 is 23.1 Å². The second-order valence-corrected chi connectivity index (χ2v) is 6.53. The standard InChI is InChI=1S/C16H19ClF3NO3/c1-21(9-15(10-22)4-6-24-7-5-15)14(23)12-8-11(16(18,19)20)2-3-13(12)17/h2-3,8,22H,4-7,9-10H2,1H3. The summed E-state index contributed by atoms with van der Waals surface area (Å²) in [5, 5.41) is 9.64. The van der Waals surface area contributed by atoms with Crippen molar-refractivity contribution in [2.24, 2.45) is 5.41 Å². The molecule has 4 nitrogen and oxygen atoms in total. The molecular formula is C16H19ClF3NO3. The van der Waals surface area contributed by atoms with Crippen molar-refractivity contribution in [2.45, 2.75) is 19.0 Å². The molecule has 2 rings (SSSR count). The van der Waals surface area contributed by atoms with Gasteiger partial charge in [0.05, 0.1) is 22.8 Å². The number of hydrogen-bond donors (Lipinski definition) is 1. The average molecular weight is 366 g/mol. The Hall–Kier alpha value is -1.31. The highest BCUT2D eigenvalue weighted by Gasteiger charge is 2.36. The Kier molecular flexibility index (Phi) is 5.78. The van der Waals surface area contributed by atoms with Gasteiger partial charge >= 0.3 is 6.18 Å². The van der Waals surface area contributed by atoms with E-state index in [2.05, 4.69) is 0 Å². The van der Waals surface area contributed by atoms with E-state index in [1.165, 1.54) is 11.9 Å². The molecule has 1 aromatic rings. The van der Waals surface area contributed by atoms with Gasteiger partial charge in [0.15, 0.2) is 0 Å². The van der Waals surface area contributed by atoms with Crippen LogP contribution in [0.3, 0.4) is 0 Å². The summed E-state index contributed by atoms with van der Waals surface area (Å²) in [4.78, 5) is 13.8. The second-order valence-electron chi connectivity index (χ2n) is 6.12. The lowest BCUT2D eigenvalue weighted by atomic mass is 9.80. The van der Waals surface area contributed by atoms with Crippen LogP contribution in [-0.4, -0.2) is 49.3 Å². The van der Waals surface area contributed by atoms with Gasteiger partial charge in [-0.05, 0) is 31.0 Å². The predicted molar refractivity (Wildman–Crippen MR) is 83.0 cm³/mol. The van der Waals surface area contributed by atoms with Gasteiger partial charge in [0.1, 0.15) is 0 Å². The minimum absolute atomic E-state index is 0.0372. The molecule has 1 aliphatic rings. The number of aliphatic hydroxyl groups is 1. The lowest BCUT2D eigenvalue weighted by molar-refractivity contribution is -0.137. The monoisotopic (exact) mass is 365 g/mol. The van der Waals surface area contributed by atoms with Crippen LogP contribution in [0.25, 0.3) is 0 Å². The first-order chi connectivity index (χ1) is 11.2. The van der Waals surface area contributed by atoms with Gasteiger partial charge in [0.2, 0.25) is 0 Å². The van der Waals surface area contributed by atoms with Crippen LogP contribution in [0.15, 0.2) is 18.2 Å². The highest BCUT2D eigenvalue weighted by Crippen LogP contribution is 2.34. The zero-order valence-electron chi connectivity index (χ0n) is 13.2. The molecule has 134 valence electrons. The fourth-order valence-corrected chi connectivity index (χ4v) is 3.02. The van der Waals surface area contributed by atoms with Crippen LogP contribution in [0.2, 0.25) is 5.02 Å². The smallest absolute Gasteiger partial charge is 0.396 e. The third-order valence-electron chi connectivity index (χ3n) is 4.33. The van der Waals surface area contributed by atoms with Crippen LogP contribution in [-0.2, 0) is 10.9 Å². The zero-order chi connectivity index (χ0) is 18.0. The van der Waals surface area contributed by atoms with Gasteiger partial charge in [0, 0.05) is 32.2 Å². The molecule has 1 fully saturated rings. The first-order valence-corrected chi connectivity index (χ1v) is 7.87. The third-order valence-corrected chi connectivity index (χ3v) is 4.66. The van der Waals surface area contributed by atoms with Gasteiger partial charge in [-0.2, -0.15) is 13.2 Å². The number of carbonyl (C=O) groups is 1. The molecule has 0 spiro atoms. The zero-order valence-corrected chi connectivity index (χ0v) is 14.0. The van der Waals surface area contributed by atoms with Crippen molar-refractivity contribution in [1.82, 2.24) is 4.90 Å². The fourth-order valence-electron chi connectivity index (χ4n) is 2.82. The number of carbonyl (C=O) groups excluding carboxylic acids is 1. The minimum Gasteiger partial charge on any atom is -0.396 e. The Morgan fingerprint density at radius 2 is 2.00 bits per heavy atom. The van der Waals surface area contributed by atoms with Crippen molar-refractivity contribution < 1.29 is 27.8 Å². The molecule has 24 heavy (non-hydrogen) atoms. The molecule has 0 bridgehead atoms. The molecular weight excluding hydrogens is 347 g/mol. The Balaban J connectivity index is 2.21. The Bertz CT molecular complexity index is 601. The van der Waals surface area contributed by atoms with Crippen molar-refractivity contribution in [3.8, 4) is 0 Å². The van der Waals surface area contributed by atoms with Crippen LogP contribution in [0, 0.1) is 5.41 Å². The molecule has 1 N–H and O–H groups in total. The van der Waals surface area contributed by atoms with Crippen LogP contribution in [0.1, 0.15) is 28.8 Å². The highest BCUT2D eigenvalue weighted by atomic mass is 35.5. The number of alkyl halides is 3.